The Balaban J connectivity index is 1.94. The predicted octanol–water partition coefficient (Wildman–Crippen LogP) is 3.64. The molecule has 0 saturated carbocycles. The second-order valence-electron chi connectivity index (χ2n) is 5.80. The maximum absolute atomic E-state index is 9.79. The summed E-state index contributed by atoms with van der Waals surface area (Å²) in [6.45, 7) is 0. The number of aromatic amines is 2. The fraction of sp³-hybridized carbons (Fsp3) is 0. The molecule has 24 heavy (non-hydrogen) atoms. The van der Waals surface area contributed by atoms with Gasteiger partial charge in [0.15, 0.2) is 5.82 Å². The van der Waals surface area contributed by atoms with Crippen LogP contribution in [-0.4, -0.2) is 15.0 Å². The third kappa shape index (κ3) is 1.70. The molecule has 2 aromatic heterocycles. The summed E-state index contributed by atoms with van der Waals surface area (Å²) in [6.07, 6.45) is 0. The Morgan fingerprint density at radius 1 is 0.875 bits per heavy atom. The molecule has 0 spiro atoms. The molecule has 0 amide bonds. The van der Waals surface area contributed by atoms with Crippen molar-refractivity contribution < 1.29 is 0 Å². The van der Waals surface area contributed by atoms with Crippen LogP contribution in [0, 0.1) is 11.3 Å². The van der Waals surface area contributed by atoms with Gasteiger partial charge < -0.3 is 9.97 Å². The van der Waals surface area contributed by atoms with Crippen LogP contribution in [0.25, 0.3) is 38.3 Å². The lowest BCUT2D eigenvalue weighted by molar-refractivity contribution is 1.24. The average molecular weight is 308 g/mol. The van der Waals surface area contributed by atoms with E-state index in [0.29, 0.717) is 11.4 Å². The fourth-order valence-corrected chi connectivity index (χ4v) is 3.35. The van der Waals surface area contributed by atoms with Gasteiger partial charge in [-0.3, -0.25) is 0 Å². The van der Waals surface area contributed by atoms with E-state index in [1.54, 1.807) is 0 Å². The first-order valence-corrected chi connectivity index (χ1v) is 7.74. The number of nitrogens with one attached hydrogen (secondary N) is 2. The number of rotatable bonds is 1. The second-order valence-corrected chi connectivity index (χ2v) is 5.80. The minimum atomic E-state index is 0.523. The SMILES string of the molecule is N#CC(c1nc2ccccc2[nH]1)=c1[nH]c2cccc3cccc1c32. The summed E-state index contributed by atoms with van der Waals surface area (Å²) in [5, 5.41) is 14.0. The van der Waals surface area contributed by atoms with Crippen molar-refractivity contribution >= 4 is 38.3 Å². The summed E-state index contributed by atoms with van der Waals surface area (Å²) < 4.78 is 0. The van der Waals surface area contributed by atoms with E-state index < -0.39 is 0 Å². The van der Waals surface area contributed by atoms with E-state index >= 15 is 0 Å². The number of imidazole rings is 1. The number of para-hydroxylation sites is 2. The zero-order valence-corrected chi connectivity index (χ0v) is 12.7. The van der Waals surface area contributed by atoms with Gasteiger partial charge in [-0.1, -0.05) is 42.5 Å². The lowest BCUT2D eigenvalue weighted by atomic mass is 10.1. The zero-order valence-electron chi connectivity index (χ0n) is 12.7. The molecule has 5 rings (SSSR count). The van der Waals surface area contributed by atoms with E-state index in [1.807, 2.05) is 48.5 Å². The summed E-state index contributed by atoms with van der Waals surface area (Å²) in [6, 6.07) is 22.4. The number of benzene rings is 3. The van der Waals surface area contributed by atoms with Gasteiger partial charge in [0.25, 0.3) is 0 Å². The number of aromatic nitrogens is 3. The molecule has 0 saturated heterocycles. The Morgan fingerprint density at radius 2 is 1.67 bits per heavy atom. The highest BCUT2D eigenvalue weighted by atomic mass is 14.9. The molecule has 2 heterocycles. The topological polar surface area (TPSA) is 68.3 Å². The molecule has 2 N–H and O–H groups in total. The van der Waals surface area contributed by atoms with Crippen LogP contribution in [-0.2, 0) is 0 Å². The lowest BCUT2D eigenvalue weighted by Gasteiger charge is -1.96. The van der Waals surface area contributed by atoms with Gasteiger partial charge in [-0.15, -0.1) is 0 Å². The molecule has 0 aliphatic carbocycles. The number of nitriles is 1. The van der Waals surface area contributed by atoms with Gasteiger partial charge in [0, 0.05) is 16.3 Å². The molecule has 0 bridgehead atoms. The highest BCUT2D eigenvalue weighted by Crippen LogP contribution is 2.24. The Labute approximate surface area is 137 Å². The monoisotopic (exact) mass is 308 g/mol. The number of fused-ring (bicyclic) bond motifs is 1. The molecule has 0 radical (unpaired) electrons. The van der Waals surface area contributed by atoms with Gasteiger partial charge in [-0.25, -0.2) is 4.98 Å². The van der Waals surface area contributed by atoms with E-state index in [2.05, 4.69) is 33.2 Å². The van der Waals surface area contributed by atoms with Gasteiger partial charge in [-0.05, 0) is 23.6 Å². The Hall–Kier alpha value is -3.58. The van der Waals surface area contributed by atoms with Crippen LogP contribution in [0.1, 0.15) is 5.82 Å². The van der Waals surface area contributed by atoms with Crippen molar-refractivity contribution in [1.29, 1.82) is 5.26 Å². The fourth-order valence-electron chi connectivity index (χ4n) is 3.35. The molecule has 0 aliphatic heterocycles. The van der Waals surface area contributed by atoms with Gasteiger partial charge in [0.2, 0.25) is 0 Å². The van der Waals surface area contributed by atoms with Crippen LogP contribution in [0.2, 0.25) is 0 Å². The highest BCUT2D eigenvalue weighted by molar-refractivity contribution is 6.10. The predicted molar refractivity (Wildman–Crippen MR) is 95.2 cm³/mol. The molecular weight excluding hydrogens is 296 g/mol. The number of nitrogens with zero attached hydrogens (tertiary/aromatic N) is 2. The van der Waals surface area contributed by atoms with Gasteiger partial charge in [0.05, 0.1) is 16.4 Å². The van der Waals surface area contributed by atoms with E-state index in [0.717, 1.165) is 38.1 Å². The molecule has 0 fully saturated rings. The van der Waals surface area contributed by atoms with E-state index in [4.69, 9.17) is 0 Å². The van der Waals surface area contributed by atoms with Crippen molar-refractivity contribution in [3.8, 4) is 6.07 Å². The van der Waals surface area contributed by atoms with E-state index in [-0.39, 0.29) is 0 Å². The van der Waals surface area contributed by atoms with Crippen LogP contribution < -0.4 is 5.35 Å². The standard InChI is InChI=1S/C20H12N4/c21-11-14(20-23-15-8-1-2-9-16(15)24-20)19-13-7-3-5-12-6-4-10-17(22-19)18(12)13/h1-10,22H,(H,23,24). The number of H-pyrrole nitrogens is 2. The summed E-state index contributed by atoms with van der Waals surface area (Å²) >= 11 is 0. The van der Waals surface area contributed by atoms with Crippen LogP contribution in [0.15, 0.2) is 60.7 Å². The number of hydrogen-bond donors (Lipinski definition) is 2. The first kappa shape index (κ1) is 12.9. The Bertz CT molecular complexity index is 1280. The Kier molecular flexibility index (Phi) is 2.53. The van der Waals surface area contributed by atoms with Crippen LogP contribution in [0.4, 0.5) is 0 Å². The molecule has 5 aromatic rings. The molecule has 0 unspecified atom stereocenters. The lowest BCUT2D eigenvalue weighted by Crippen LogP contribution is -2.09. The molecule has 0 aliphatic rings. The van der Waals surface area contributed by atoms with Crippen LogP contribution >= 0.6 is 0 Å². The first-order chi connectivity index (χ1) is 11.8. The smallest absolute Gasteiger partial charge is 0.151 e. The zero-order chi connectivity index (χ0) is 16.1. The molecule has 112 valence electrons. The van der Waals surface area contributed by atoms with Gasteiger partial charge in [-0.2, -0.15) is 5.26 Å². The van der Waals surface area contributed by atoms with Gasteiger partial charge >= 0.3 is 0 Å². The van der Waals surface area contributed by atoms with E-state index in [1.165, 1.54) is 0 Å². The number of hydrogen-bond acceptors (Lipinski definition) is 2. The molecule has 4 nitrogen and oxygen atoms in total. The van der Waals surface area contributed by atoms with E-state index in [9.17, 15) is 5.26 Å². The maximum Gasteiger partial charge on any atom is 0.151 e. The molecule has 4 heteroatoms. The first-order valence-electron chi connectivity index (χ1n) is 7.74. The summed E-state index contributed by atoms with van der Waals surface area (Å²) in [4.78, 5) is 11.2. The van der Waals surface area contributed by atoms with Crippen molar-refractivity contribution in [3.63, 3.8) is 0 Å². The highest BCUT2D eigenvalue weighted by Gasteiger charge is 2.13. The maximum atomic E-state index is 9.79. The van der Waals surface area contributed by atoms with Crippen molar-refractivity contribution in [2.24, 2.45) is 0 Å². The van der Waals surface area contributed by atoms with Crippen LogP contribution in [0.5, 0.6) is 0 Å². The third-order valence-corrected chi connectivity index (χ3v) is 4.42. The normalized spacial score (nSPS) is 12.8. The molecule has 3 aromatic carbocycles. The summed E-state index contributed by atoms with van der Waals surface area (Å²) in [5.74, 6) is 0.589. The molecular formula is C20H12N4. The van der Waals surface area contributed by atoms with Crippen molar-refractivity contribution in [1.82, 2.24) is 15.0 Å². The largest absolute Gasteiger partial charge is 0.353 e. The quantitative estimate of drug-likeness (QED) is 0.496. The van der Waals surface area contributed by atoms with Crippen molar-refractivity contribution in [3.05, 3.63) is 71.8 Å². The van der Waals surface area contributed by atoms with Crippen molar-refractivity contribution in [2.75, 3.05) is 0 Å². The minimum absolute atomic E-state index is 0.523. The minimum Gasteiger partial charge on any atom is -0.353 e. The second kappa shape index (κ2) is 4.71. The Morgan fingerprint density at radius 3 is 2.50 bits per heavy atom. The summed E-state index contributed by atoms with van der Waals surface area (Å²) in [7, 11) is 0. The third-order valence-electron chi connectivity index (χ3n) is 4.42. The average Bonchev–Trinajstić information content (AvgIpc) is 3.20. The van der Waals surface area contributed by atoms with Crippen molar-refractivity contribution in [2.45, 2.75) is 0 Å². The summed E-state index contributed by atoms with van der Waals surface area (Å²) in [5.41, 5.74) is 3.33. The van der Waals surface area contributed by atoms with Crippen LogP contribution in [0.3, 0.4) is 0 Å². The van der Waals surface area contributed by atoms with Gasteiger partial charge in [0.1, 0.15) is 11.6 Å². The molecule has 0 atom stereocenters.